The van der Waals surface area contributed by atoms with Crippen molar-refractivity contribution in [1.82, 2.24) is 0 Å². The summed E-state index contributed by atoms with van der Waals surface area (Å²) in [4.78, 5) is 0. The lowest BCUT2D eigenvalue weighted by Gasteiger charge is -2.14. The maximum atomic E-state index is 12.9. The van der Waals surface area contributed by atoms with Gasteiger partial charge in [-0.25, -0.2) is 4.39 Å². The minimum atomic E-state index is -0.415. The summed E-state index contributed by atoms with van der Waals surface area (Å²) in [6, 6.07) is 11.0. The Morgan fingerprint density at radius 1 is 1.06 bits per heavy atom. The zero-order valence-electron chi connectivity index (χ0n) is 8.83. The van der Waals surface area contributed by atoms with Crippen molar-refractivity contribution in [3.05, 3.63) is 69.5 Å². The average Bonchev–Trinajstić information content (AvgIpc) is 2.28. The second-order valence-electron chi connectivity index (χ2n) is 3.70. The maximum absolute atomic E-state index is 12.9. The predicted octanol–water partition coefficient (Wildman–Crippen LogP) is 4.18. The summed E-state index contributed by atoms with van der Waals surface area (Å²) in [6.07, 6.45) is 0. The van der Waals surface area contributed by atoms with Crippen LogP contribution in [0.15, 0.2) is 42.5 Å². The van der Waals surface area contributed by atoms with Gasteiger partial charge in [0.25, 0.3) is 0 Å². The molecule has 0 fully saturated rings. The van der Waals surface area contributed by atoms with Crippen LogP contribution in [-0.4, -0.2) is 0 Å². The predicted molar refractivity (Wildman–Crippen MR) is 68.9 cm³/mol. The van der Waals surface area contributed by atoms with Gasteiger partial charge in [-0.05, 0) is 35.4 Å². The summed E-state index contributed by atoms with van der Waals surface area (Å²) in [5.41, 5.74) is 7.59. The van der Waals surface area contributed by atoms with Crippen LogP contribution in [0.3, 0.4) is 0 Å². The lowest BCUT2D eigenvalue weighted by Crippen LogP contribution is -2.12. The molecule has 0 saturated carbocycles. The number of rotatable bonds is 2. The average molecular weight is 270 g/mol. The minimum Gasteiger partial charge on any atom is -0.320 e. The Hall–Kier alpha value is -1.09. The van der Waals surface area contributed by atoms with Crippen molar-refractivity contribution in [2.75, 3.05) is 0 Å². The van der Waals surface area contributed by atoms with Gasteiger partial charge in [0.15, 0.2) is 0 Å². The Morgan fingerprint density at radius 2 is 1.82 bits per heavy atom. The molecule has 0 spiro atoms. The smallest absolute Gasteiger partial charge is 0.124 e. The lowest BCUT2D eigenvalue weighted by molar-refractivity contribution is 0.626. The number of hydrogen-bond donors (Lipinski definition) is 1. The van der Waals surface area contributed by atoms with E-state index >= 15 is 0 Å². The molecular formula is C13H10Cl2FN. The number of benzene rings is 2. The summed E-state index contributed by atoms with van der Waals surface area (Å²) in [5, 5.41) is 0.925. The molecule has 2 aromatic carbocycles. The molecule has 2 aromatic rings. The van der Waals surface area contributed by atoms with E-state index in [2.05, 4.69) is 0 Å². The molecule has 0 heterocycles. The molecule has 1 nitrogen and oxygen atoms in total. The molecule has 0 aliphatic heterocycles. The van der Waals surface area contributed by atoms with Crippen LogP contribution in [0.1, 0.15) is 17.2 Å². The van der Waals surface area contributed by atoms with Gasteiger partial charge in [-0.1, -0.05) is 41.4 Å². The fraction of sp³-hybridized carbons (Fsp3) is 0.0769. The monoisotopic (exact) mass is 269 g/mol. The van der Waals surface area contributed by atoms with Gasteiger partial charge in [0.05, 0.1) is 6.04 Å². The largest absolute Gasteiger partial charge is 0.320 e. The van der Waals surface area contributed by atoms with Crippen LogP contribution in [0.2, 0.25) is 10.0 Å². The normalized spacial score (nSPS) is 12.5. The SMILES string of the molecule is NC(c1cccc(Cl)c1)c1ccc(F)cc1Cl. The van der Waals surface area contributed by atoms with E-state index in [1.807, 2.05) is 12.1 Å². The Bertz CT molecular complexity index is 543. The molecule has 4 heteroatoms. The standard InChI is InChI=1S/C13H10Cl2FN/c14-9-3-1-2-8(6-9)13(17)11-5-4-10(16)7-12(11)15/h1-7,13H,17H2. The van der Waals surface area contributed by atoms with Gasteiger partial charge >= 0.3 is 0 Å². The van der Waals surface area contributed by atoms with Crippen molar-refractivity contribution in [2.45, 2.75) is 6.04 Å². The maximum Gasteiger partial charge on any atom is 0.124 e. The highest BCUT2D eigenvalue weighted by Gasteiger charge is 2.13. The van der Waals surface area contributed by atoms with Crippen molar-refractivity contribution in [3.63, 3.8) is 0 Å². The first-order chi connectivity index (χ1) is 8.08. The highest BCUT2D eigenvalue weighted by atomic mass is 35.5. The second kappa shape index (κ2) is 5.05. The number of nitrogens with two attached hydrogens (primary N) is 1. The molecule has 88 valence electrons. The van der Waals surface area contributed by atoms with Gasteiger partial charge in [-0.15, -0.1) is 0 Å². The first-order valence-electron chi connectivity index (χ1n) is 5.04. The van der Waals surface area contributed by atoms with Gasteiger partial charge in [0.1, 0.15) is 5.82 Å². The van der Waals surface area contributed by atoms with Gasteiger partial charge in [-0.2, -0.15) is 0 Å². The quantitative estimate of drug-likeness (QED) is 0.870. The molecule has 2 N–H and O–H groups in total. The summed E-state index contributed by atoms with van der Waals surface area (Å²) >= 11 is 11.9. The summed E-state index contributed by atoms with van der Waals surface area (Å²) in [5.74, 6) is -0.378. The van der Waals surface area contributed by atoms with E-state index in [0.717, 1.165) is 5.56 Å². The molecule has 0 aliphatic rings. The molecular weight excluding hydrogens is 260 g/mol. The van der Waals surface area contributed by atoms with Crippen molar-refractivity contribution in [2.24, 2.45) is 5.73 Å². The number of halogens is 3. The summed E-state index contributed by atoms with van der Waals surface area (Å²) in [7, 11) is 0. The van der Waals surface area contributed by atoms with E-state index in [4.69, 9.17) is 28.9 Å². The molecule has 0 aromatic heterocycles. The molecule has 1 atom stereocenters. The van der Waals surface area contributed by atoms with Crippen LogP contribution < -0.4 is 5.73 Å². The summed E-state index contributed by atoms with van der Waals surface area (Å²) in [6.45, 7) is 0. The van der Waals surface area contributed by atoms with Crippen LogP contribution in [0, 0.1) is 5.82 Å². The van der Waals surface area contributed by atoms with Crippen LogP contribution in [0.4, 0.5) is 4.39 Å². The topological polar surface area (TPSA) is 26.0 Å². The molecule has 0 bridgehead atoms. The van der Waals surface area contributed by atoms with Crippen molar-refractivity contribution in [3.8, 4) is 0 Å². The van der Waals surface area contributed by atoms with E-state index in [9.17, 15) is 4.39 Å². The fourth-order valence-electron chi connectivity index (χ4n) is 1.63. The summed E-state index contributed by atoms with van der Waals surface area (Å²) < 4.78 is 12.9. The molecule has 2 rings (SSSR count). The Labute approximate surface area is 109 Å². The van der Waals surface area contributed by atoms with E-state index in [1.54, 1.807) is 18.2 Å². The van der Waals surface area contributed by atoms with Crippen molar-refractivity contribution >= 4 is 23.2 Å². The third kappa shape index (κ3) is 2.78. The van der Waals surface area contributed by atoms with E-state index in [0.29, 0.717) is 15.6 Å². The van der Waals surface area contributed by atoms with Gasteiger partial charge in [-0.3, -0.25) is 0 Å². The second-order valence-corrected chi connectivity index (χ2v) is 4.54. The highest BCUT2D eigenvalue weighted by molar-refractivity contribution is 6.31. The zero-order valence-corrected chi connectivity index (χ0v) is 10.3. The van der Waals surface area contributed by atoms with E-state index < -0.39 is 6.04 Å². The van der Waals surface area contributed by atoms with Crippen LogP contribution in [0.5, 0.6) is 0 Å². The Morgan fingerprint density at radius 3 is 2.47 bits per heavy atom. The Balaban J connectivity index is 2.40. The highest BCUT2D eigenvalue weighted by Crippen LogP contribution is 2.28. The first kappa shape index (κ1) is 12.4. The van der Waals surface area contributed by atoms with Crippen LogP contribution >= 0.6 is 23.2 Å². The van der Waals surface area contributed by atoms with Gasteiger partial charge < -0.3 is 5.73 Å². The lowest BCUT2D eigenvalue weighted by atomic mass is 10.00. The van der Waals surface area contributed by atoms with Crippen LogP contribution in [0.25, 0.3) is 0 Å². The molecule has 0 aliphatic carbocycles. The Kier molecular flexibility index (Phi) is 3.67. The molecule has 0 radical (unpaired) electrons. The number of hydrogen-bond acceptors (Lipinski definition) is 1. The van der Waals surface area contributed by atoms with Gasteiger partial charge in [0.2, 0.25) is 0 Å². The first-order valence-corrected chi connectivity index (χ1v) is 5.79. The van der Waals surface area contributed by atoms with Gasteiger partial charge in [0, 0.05) is 10.0 Å². The molecule has 0 amide bonds. The molecule has 17 heavy (non-hydrogen) atoms. The fourth-order valence-corrected chi connectivity index (χ4v) is 2.12. The van der Waals surface area contributed by atoms with Crippen molar-refractivity contribution < 1.29 is 4.39 Å². The van der Waals surface area contributed by atoms with Crippen LogP contribution in [-0.2, 0) is 0 Å². The molecule has 1 unspecified atom stereocenters. The van der Waals surface area contributed by atoms with Crippen molar-refractivity contribution in [1.29, 1.82) is 0 Å². The zero-order chi connectivity index (χ0) is 12.4. The third-order valence-electron chi connectivity index (χ3n) is 2.51. The minimum absolute atomic E-state index is 0.317. The molecule has 0 saturated heterocycles. The van der Waals surface area contributed by atoms with E-state index in [1.165, 1.54) is 12.1 Å². The van der Waals surface area contributed by atoms with E-state index in [-0.39, 0.29) is 5.82 Å². The third-order valence-corrected chi connectivity index (χ3v) is 3.07.